The molecule has 0 bridgehead atoms. The maximum Gasteiger partial charge on any atom is 0.416 e. The number of aromatic nitrogens is 4. The van der Waals surface area contributed by atoms with Gasteiger partial charge in [0.25, 0.3) is 0 Å². The highest BCUT2D eigenvalue weighted by atomic mass is 19.4. The Bertz CT molecular complexity index is 1920. The van der Waals surface area contributed by atoms with Crippen molar-refractivity contribution in [3.63, 3.8) is 0 Å². The van der Waals surface area contributed by atoms with E-state index in [0.29, 0.717) is 67.5 Å². The van der Waals surface area contributed by atoms with Crippen LogP contribution in [-0.4, -0.2) is 34.5 Å². The van der Waals surface area contributed by atoms with Crippen molar-refractivity contribution >= 4 is 14.6 Å². The minimum absolute atomic E-state index is 0.382. The number of hydrogen-bond acceptors (Lipinski definition) is 2. The van der Waals surface area contributed by atoms with Crippen molar-refractivity contribution in [3.8, 4) is 0 Å². The van der Waals surface area contributed by atoms with Crippen molar-refractivity contribution < 1.29 is 52.7 Å². The van der Waals surface area contributed by atoms with E-state index in [-0.39, 0.29) is 0 Å². The van der Waals surface area contributed by atoms with Gasteiger partial charge in [-0.25, -0.2) is 9.97 Å². The number of hydrogen-bond donors (Lipinski definition) is 2. The van der Waals surface area contributed by atoms with E-state index in [9.17, 15) is 52.7 Å². The fourth-order valence-corrected chi connectivity index (χ4v) is 7.62. The minimum atomic E-state index is -4.62. The normalized spacial score (nSPS) is 13.8. The molecular formula is C41H34B2F12N4. The van der Waals surface area contributed by atoms with Gasteiger partial charge >= 0.3 is 24.7 Å². The van der Waals surface area contributed by atoms with Crippen LogP contribution in [0.2, 0.25) is 12.6 Å². The topological polar surface area (TPSA) is 57.4 Å². The molecule has 0 aliphatic rings. The molecule has 59 heavy (non-hydrogen) atoms. The summed E-state index contributed by atoms with van der Waals surface area (Å²) in [6.45, 7) is 0. The second kappa shape index (κ2) is 17.4. The van der Waals surface area contributed by atoms with Crippen molar-refractivity contribution in [2.24, 2.45) is 0 Å². The average Bonchev–Trinajstić information content (AvgIpc) is 3.92. The molecule has 2 unspecified atom stereocenters. The lowest BCUT2D eigenvalue weighted by atomic mass is 9.50. The Morgan fingerprint density at radius 1 is 0.407 bits per heavy atom. The van der Waals surface area contributed by atoms with Crippen molar-refractivity contribution in [1.82, 2.24) is 19.9 Å². The fourth-order valence-electron chi connectivity index (χ4n) is 7.62. The van der Waals surface area contributed by atoms with Crippen molar-refractivity contribution in [3.05, 3.63) is 178 Å². The zero-order valence-electron chi connectivity index (χ0n) is 30.8. The number of nitrogens with one attached hydrogen (secondary N) is 2. The molecule has 0 aliphatic heterocycles. The predicted octanol–water partition coefficient (Wildman–Crippen LogP) is 11.8. The van der Waals surface area contributed by atoms with E-state index in [2.05, 4.69) is 19.9 Å². The summed E-state index contributed by atoms with van der Waals surface area (Å²) >= 11 is 0. The average molecular weight is 832 g/mol. The van der Waals surface area contributed by atoms with E-state index >= 15 is 0 Å². The number of halogens is 12. The SMILES string of the molecule is FC(F)(F)c1ccc(C(c2ccc(C(F)(F)F)cc2)C(BCCCBC(c2ncc[nH]2)C(c2ccc(C(F)(F)F)cc2)c2ccc(C(F)(F)F)cc2)c2ncc[nH]2)cc1. The molecule has 0 saturated heterocycles. The van der Waals surface area contributed by atoms with E-state index in [0.717, 1.165) is 48.5 Å². The maximum absolute atomic E-state index is 13.5. The molecule has 2 aromatic heterocycles. The van der Waals surface area contributed by atoms with Crippen molar-refractivity contribution in [2.45, 2.75) is 67.2 Å². The summed E-state index contributed by atoms with van der Waals surface area (Å²) in [5.41, 5.74) is -1.86. The number of alkyl halides is 12. The molecule has 0 spiro atoms. The first-order valence-electron chi connectivity index (χ1n) is 18.5. The third-order valence-corrected chi connectivity index (χ3v) is 10.5. The first kappa shape index (κ1) is 43.2. The molecular weight excluding hydrogens is 798 g/mol. The largest absolute Gasteiger partial charge is 0.416 e. The van der Waals surface area contributed by atoms with Crippen LogP contribution in [0.4, 0.5) is 52.7 Å². The number of H-pyrrole nitrogens is 2. The number of nitrogens with zero attached hydrogens (tertiary/aromatic N) is 2. The molecule has 0 radical (unpaired) electrons. The molecule has 4 nitrogen and oxygen atoms in total. The van der Waals surface area contributed by atoms with E-state index in [4.69, 9.17) is 0 Å². The monoisotopic (exact) mass is 832 g/mol. The summed E-state index contributed by atoms with van der Waals surface area (Å²) in [6, 6.07) is 17.8. The second-order valence-electron chi connectivity index (χ2n) is 14.2. The highest BCUT2D eigenvalue weighted by Gasteiger charge is 2.36. The van der Waals surface area contributed by atoms with Crippen LogP contribution < -0.4 is 0 Å². The van der Waals surface area contributed by atoms with Gasteiger partial charge in [0.15, 0.2) is 0 Å². The Morgan fingerprint density at radius 2 is 0.661 bits per heavy atom. The van der Waals surface area contributed by atoms with Gasteiger partial charge in [0, 0.05) is 48.3 Å². The lowest BCUT2D eigenvalue weighted by molar-refractivity contribution is -0.138. The van der Waals surface area contributed by atoms with Crippen LogP contribution in [0.3, 0.4) is 0 Å². The van der Waals surface area contributed by atoms with Crippen LogP contribution >= 0.6 is 0 Å². The van der Waals surface area contributed by atoms with Crippen molar-refractivity contribution in [1.29, 1.82) is 0 Å². The first-order chi connectivity index (χ1) is 27.8. The summed E-state index contributed by atoms with van der Waals surface area (Å²) in [6.07, 6.45) is -10.8. The summed E-state index contributed by atoms with van der Waals surface area (Å²) in [7, 11) is 0.764. The van der Waals surface area contributed by atoms with Gasteiger partial charge in [-0.3, -0.25) is 0 Å². The number of imidazole rings is 2. The number of rotatable bonds is 14. The van der Waals surface area contributed by atoms with Crippen molar-refractivity contribution in [2.75, 3.05) is 0 Å². The fraction of sp³-hybridized carbons (Fsp3) is 0.268. The quantitative estimate of drug-likeness (QED) is 0.0653. The molecule has 6 rings (SSSR count). The molecule has 0 saturated carbocycles. The van der Waals surface area contributed by atoms with Gasteiger partial charge in [-0.15, -0.1) is 0 Å². The Labute approximate surface area is 332 Å². The third-order valence-electron chi connectivity index (χ3n) is 10.5. The van der Waals surface area contributed by atoms with Crippen LogP contribution in [0, 0.1) is 0 Å². The lowest BCUT2D eigenvalue weighted by Crippen LogP contribution is -2.22. The highest BCUT2D eigenvalue weighted by molar-refractivity contribution is 6.40. The summed E-state index contributed by atoms with van der Waals surface area (Å²) in [5.74, 6) is -1.57. The van der Waals surface area contributed by atoms with Gasteiger partial charge in [0.05, 0.1) is 22.3 Å². The molecule has 2 heterocycles. The smallest absolute Gasteiger partial charge is 0.349 e. The summed E-state index contributed by atoms with van der Waals surface area (Å²) in [4.78, 5) is 15.0. The molecule has 2 N–H and O–H groups in total. The van der Waals surface area contributed by atoms with E-state index in [1.165, 1.54) is 60.9 Å². The molecule has 2 atom stereocenters. The van der Waals surface area contributed by atoms with Gasteiger partial charge in [-0.1, -0.05) is 67.6 Å². The molecule has 4 aromatic carbocycles. The maximum atomic E-state index is 13.5. The third kappa shape index (κ3) is 10.6. The minimum Gasteiger partial charge on any atom is -0.349 e. The molecule has 0 amide bonds. The zero-order valence-corrected chi connectivity index (χ0v) is 30.8. The predicted molar refractivity (Wildman–Crippen MR) is 201 cm³/mol. The van der Waals surface area contributed by atoms with Gasteiger partial charge in [-0.2, -0.15) is 52.7 Å². The first-order valence-corrected chi connectivity index (χ1v) is 18.5. The van der Waals surface area contributed by atoms with E-state index < -0.39 is 70.4 Å². The van der Waals surface area contributed by atoms with Crippen LogP contribution in [0.15, 0.2) is 122 Å². The Balaban J connectivity index is 1.28. The van der Waals surface area contributed by atoms with Crippen LogP contribution in [0.25, 0.3) is 0 Å². The zero-order chi connectivity index (χ0) is 42.6. The van der Waals surface area contributed by atoms with Crippen LogP contribution in [0.1, 0.15) is 86.0 Å². The summed E-state index contributed by atoms with van der Waals surface area (Å²) < 4.78 is 162. The molecule has 308 valence electrons. The Morgan fingerprint density at radius 3 is 0.864 bits per heavy atom. The highest BCUT2D eigenvalue weighted by Crippen LogP contribution is 2.43. The van der Waals surface area contributed by atoms with Gasteiger partial charge in [0.1, 0.15) is 26.2 Å². The standard InChI is InChI=1S/C41H34B2F12N4/c44-38(45,46)28-10-2-24(3-11-28)32(25-4-12-29(13-5-25)39(47,48)49)34(36-56-20-21-57-36)42-18-1-19-43-35(37-58-22-23-59-37)33(26-6-14-30(15-7-26)40(50,51)52)27-8-16-31(17-9-27)41(53,54)55/h2-17,20-23,32-35,42-43H,1,18-19H2,(H,56,57)(H,58,59). The second-order valence-corrected chi connectivity index (χ2v) is 14.2. The molecule has 6 aromatic rings. The molecule has 0 fully saturated rings. The van der Waals surface area contributed by atoms with E-state index in [1.807, 2.05) is 0 Å². The number of benzene rings is 4. The van der Waals surface area contributed by atoms with Crippen LogP contribution in [0.5, 0.6) is 0 Å². The van der Waals surface area contributed by atoms with Gasteiger partial charge in [-0.05, 0) is 70.8 Å². The van der Waals surface area contributed by atoms with Gasteiger partial charge < -0.3 is 9.97 Å². The van der Waals surface area contributed by atoms with E-state index in [1.54, 1.807) is 12.4 Å². The lowest BCUT2D eigenvalue weighted by Gasteiger charge is -2.28. The Hall–Kier alpha value is -5.41. The molecule has 0 aliphatic carbocycles. The molecule has 18 heteroatoms. The summed E-state index contributed by atoms with van der Waals surface area (Å²) in [5, 5.41) is 0. The van der Waals surface area contributed by atoms with Crippen LogP contribution in [-0.2, 0) is 24.7 Å². The Kier molecular flexibility index (Phi) is 12.8. The number of aromatic amines is 2. The van der Waals surface area contributed by atoms with Gasteiger partial charge in [0.2, 0.25) is 0 Å².